The van der Waals surface area contributed by atoms with Crippen LogP contribution in [0.1, 0.15) is 28.4 Å². The first-order valence-electron chi connectivity index (χ1n) is 10.3. The summed E-state index contributed by atoms with van der Waals surface area (Å²) in [5, 5.41) is 4.95. The van der Waals surface area contributed by atoms with Crippen molar-refractivity contribution in [2.45, 2.75) is 17.7 Å². The predicted molar refractivity (Wildman–Crippen MR) is 131 cm³/mol. The highest BCUT2D eigenvalue weighted by Gasteiger charge is 2.18. The Bertz CT molecular complexity index is 1140. The van der Waals surface area contributed by atoms with E-state index < -0.39 is 5.97 Å². The lowest BCUT2D eigenvalue weighted by Gasteiger charge is -2.13. The Morgan fingerprint density at radius 2 is 1.59 bits per heavy atom. The number of carbonyl (C=O) groups excluding carboxylic acids is 1. The largest absolute Gasteiger partial charge is 0.496 e. The van der Waals surface area contributed by atoms with Crippen LogP contribution in [0.15, 0.2) is 64.9 Å². The summed E-state index contributed by atoms with van der Waals surface area (Å²) < 4.78 is 21.4. The number of nitrogens with zero attached hydrogens (tertiary/aromatic N) is 2. The van der Waals surface area contributed by atoms with Crippen LogP contribution in [0.2, 0.25) is 0 Å². The molecule has 0 bridgehead atoms. The third-order valence-electron chi connectivity index (χ3n) is 4.88. The summed E-state index contributed by atoms with van der Waals surface area (Å²) in [6.45, 7) is 1.76. The number of hydrogen-bond acceptors (Lipinski definition) is 9. The van der Waals surface area contributed by atoms with Gasteiger partial charge in [-0.05, 0) is 55.0 Å². The molecule has 0 N–H and O–H groups in total. The minimum absolute atomic E-state index is 0.216. The van der Waals surface area contributed by atoms with Gasteiger partial charge >= 0.3 is 5.97 Å². The topological polar surface area (TPSA) is 88.5 Å². The van der Waals surface area contributed by atoms with Crippen LogP contribution in [0, 0.1) is 0 Å². The summed E-state index contributed by atoms with van der Waals surface area (Å²) in [4.78, 5) is 22.2. The summed E-state index contributed by atoms with van der Waals surface area (Å²) >= 11 is 1.60. The zero-order valence-corrected chi connectivity index (χ0v) is 20.5. The number of carbonyl (C=O) groups is 1. The number of ether oxygens (including phenoxy) is 4. The lowest BCUT2D eigenvalue weighted by Crippen LogP contribution is -2.06. The molecule has 0 aliphatic rings. The van der Waals surface area contributed by atoms with Gasteiger partial charge in [0.05, 0.1) is 44.7 Å². The van der Waals surface area contributed by atoms with Crippen molar-refractivity contribution in [1.29, 1.82) is 0 Å². The van der Waals surface area contributed by atoms with Gasteiger partial charge in [-0.3, -0.25) is 0 Å². The van der Waals surface area contributed by atoms with E-state index in [1.165, 1.54) is 33.5 Å². The second-order valence-electron chi connectivity index (χ2n) is 6.95. The van der Waals surface area contributed by atoms with Gasteiger partial charge in [-0.1, -0.05) is 11.2 Å². The molecule has 9 heteroatoms. The van der Waals surface area contributed by atoms with E-state index in [0.717, 1.165) is 21.9 Å². The zero-order valence-electron chi connectivity index (χ0n) is 19.7. The number of oxime groups is 1. The van der Waals surface area contributed by atoms with Crippen molar-refractivity contribution in [1.82, 2.24) is 4.98 Å². The summed E-state index contributed by atoms with van der Waals surface area (Å²) in [7, 11) is 6.07. The molecule has 0 aliphatic heterocycles. The van der Waals surface area contributed by atoms with E-state index in [-0.39, 0.29) is 5.56 Å². The Morgan fingerprint density at radius 3 is 2.18 bits per heavy atom. The minimum Gasteiger partial charge on any atom is -0.496 e. The summed E-state index contributed by atoms with van der Waals surface area (Å²) in [6.07, 6.45) is 1.76. The van der Waals surface area contributed by atoms with Crippen molar-refractivity contribution in [3.05, 3.63) is 71.4 Å². The number of aromatic nitrogens is 1. The van der Waals surface area contributed by atoms with Gasteiger partial charge in [0, 0.05) is 17.5 Å². The second kappa shape index (κ2) is 11.9. The summed E-state index contributed by atoms with van der Waals surface area (Å²) in [6, 6.07) is 14.5. The van der Waals surface area contributed by atoms with Crippen molar-refractivity contribution >= 4 is 23.4 Å². The van der Waals surface area contributed by atoms with Crippen LogP contribution in [-0.2, 0) is 10.6 Å². The maximum Gasteiger partial charge on any atom is 0.366 e. The highest BCUT2D eigenvalue weighted by atomic mass is 32.2. The van der Waals surface area contributed by atoms with E-state index in [2.05, 4.69) is 10.1 Å². The van der Waals surface area contributed by atoms with Crippen LogP contribution in [0.25, 0.3) is 0 Å². The lowest BCUT2D eigenvalue weighted by molar-refractivity contribution is 0.0515. The molecule has 2 aromatic carbocycles. The molecule has 3 rings (SSSR count). The standard InChI is InChI=1S/C25H26N2O6S/c1-16(27-33-25(28)18-13-21(30-3)24(32-5)22(14-18)31-4)17-9-10-20(29-2)19(12-17)15-34-23-8-6-7-11-26-23/h6-14H,15H2,1-5H3/b27-16+. The molecule has 34 heavy (non-hydrogen) atoms. The van der Waals surface area contributed by atoms with E-state index in [0.29, 0.717) is 28.7 Å². The Kier molecular flexibility index (Phi) is 8.75. The van der Waals surface area contributed by atoms with Crippen molar-refractivity contribution in [2.24, 2.45) is 5.16 Å². The highest BCUT2D eigenvalue weighted by Crippen LogP contribution is 2.38. The Balaban J connectivity index is 1.77. The fourth-order valence-corrected chi connectivity index (χ4v) is 3.95. The molecule has 0 amide bonds. The van der Waals surface area contributed by atoms with Crippen molar-refractivity contribution in [2.75, 3.05) is 28.4 Å². The van der Waals surface area contributed by atoms with Gasteiger partial charge in [0.15, 0.2) is 11.5 Å². The molecule has 1 heterocycles. The molecule has 0 saturated heterocycles. The van der Waals surface area contributed by atoms with Crippen LogP contribution in [0.5, 0.6) is 23.0 Å². The van der Waals surface area contributed by atoms with E-state index in [4.69, 9.17) is 23.8 Å². The molecule has 8 nitrogen and oxygen atoms in total. The van der Waals surface area contributed by atoms with E-state index in [1.54, 1.807) is 32.0 Å². The van der Waals surface area contributed by atoms with E-state index >= 15 is 0 Å². The predicted octanol–water partition coefficient (Wildman–Crippen LogP) is 4.99. The van der Waals surface area contributed by atoms with Crippen molar-refractivity contribution < 1.29 is 28.6 Å². The van der Waals surface area contributed by atoms with Crippen LogP contribution < -0.4 is 18.9 Å². The Hall–Kier alpha value is -3.72. The SMILES string of the molecule is COc1ccc(/C(C)=N/OC(=O)c2cc(OC)c(OC)c(OC)c2)cc1CSc1ccccn1. The smallest absolute Gasteiger partial charge is 0.366 e. The molecular weight excluding hydrogens is 456 g/mol. The first-order valence-corrected chi connectivity index (χ1v) is 11.3. The zero-order chi connectivity index (χ0) is 24.5. The average Bonchev–Trinajstić information content (AvgIpc) is 2.89. The molecule has 178 valence electrons. The second-order valence-corrected chi connectivity index (χ2v) is 7.95. The Labute approximate surface area is 202 Å². The van der Waals surface area contributed by atoms with E-state index in [9.17, 15) is 4.79 Å². The fraction of sp³-hybridized carbons (Fsp3) is 0.240. The monoisotopic (exact) mass is 482 g/mol. The molecule has 0 saturated carbocycles. The molecular formula is C25H26N2O6S. The highest BCUT2D eigenvalue weighted by molar-refractivity contribution is 7.98. The third-order valence-corrected chi connectivity index (χ3v) is 5.87. The van der Waals surface area contributed by atoms with Gasteiger partial charge in [-0.2, -0.15) is 0 Å². The molecule has 0 aliphatic carbocycles. The van der Waals surface area contributed by atoms with Gasteiger partial charge < -0.3 is 23.8 Å². The first-order chi connectivity index (χ1) is 16.5. The maximum absolute atomic E-state index is 12.6. The van der Waals surface area contributed by atoms with Crippen LogP contribution >= 0.6 is 11.8 Å². The molecule has 0 radical (unpaired) electrons. The third kappa shape index (κ3) is 5.99. The lowest BCUT2D eigenvalue weighted by atomic mass is 10.1. The van der Waals surface area contributed by atoms with Crippen molar-refractivity contribution in [3.8, 4) is 23.0 Å². The molecule has 0 atom stereocenters. The van der Waals surface area contributed by atoms with E-state index in [1.807, 2.05) is 36.4 Å². The summed E-state index contributed by atoms with van der Waals surface area (Å²) in [5.41, 5.74) is 2.53. The molecule has 0 unspecified atom stereocenters. The number of benzene rings is 2. The number of thioether (sulfide) groups is 1. The minimum atomic E-state index is -0.655. The molecule has 3 aromatic rings. The molecule has 0 fully saturated rings. The molecule has 1 aromatic heterocycles. The number of methoxy groups -OCH3 is 4. The molecule has 0 spiro atoms. The quantitative estimate of drug-likeness (QED) is 0.173. The first kappa shape index (κ1) is 24.9. The van der Waals surface area contributed by atoms with Crippen LogP contribution in [0.3, 0.4) is 0 Å². The number of hydrogen-bond donors (Lipinski definition) is 0. The maximum atomic E-state index is 12.6. The normalized spacial score (nSPS) is 11.0. The number of rotatable bonds is 10. The van der Waals surface area contributed by atoms with Gasteiger partial charge in [-0.25, -0.2) is 9.78 Å². The number of pyridine rings is 1. The van der Waals surface area contributed by atoms with Gasteiger partial charge in [0.2, 0.25) is 5.75 Å². The van der Waals surface area contributed by atoms with Gasteiger partial charge in [0.1, 0.15) is 5.75 Å². The van der Waals surface area contributed by atoms with Crippen LogP contribution in [0.4, 0.5) is 0 Å². The van der Waals surface area contributed by atoms with Gasteiger partial charge in [0.25, 0.3) is 0 Å². The van der Waals surface area contributed by atoms with Gasteiger partial charge in [-0.15, -0.1) is 11.8 Å². The van der Waals surface area contributed by atoms with Crippen LogP contribution in [-0.4, -0.2) is 45.1 Å². The average molecular weight is 483 g/mol. The van der Waals surface area contributed by atoms with Crippen molar-refractivity contribution in [3.63, 3.8) is 0 Å². The Morgan fingerprint density at radius 1 is 0.882 bits per heavy atom. The fourth-order valence-electron chi connectivity index (χ4n) is 3.11. The summed E-state index contributed by atoms with van der Waals surface area (Å²) in [5.74, 6) is 1.84.